The molecule has 14 heavy (non-hydrogen) atoms. The Balaban J connectivity index is 2.03. The zero-order valence-electron chi connectivity index (χ0n) is 9.17. The van der Waals surface area contributed by atoms with Gasteiger partial charge in [0.2, 0.25) is 0 Å². The molecule has 0 aliphatic carbocycles. The van der Waals surface area contributed by atoms with Crippen LogP contribution in [0.15, 0.2) is 0 Å². The molecule has 0 radical (unpaired) electrons. The molecule has 0 spiro atoms. The van der Waals surface area contributed by atoms with Crippen molar-refractivity contribution in [3.63, 3.8) is 0 Å². The van der Waals surface area contributed by atoms with Crippen LogP contribution in [-0.4, -0.2) is 43.3 Å². The zero-order chi connectivity index (χ0) is 10.0. The van der Waals surface area contributed by atoms with Gasteiger partial charge in [-0.1, -0.05) is 6.92 Å². The lowest BCUT2D eigenvalue weighted by molar-refractivity contribution is 0.0395. The molecule has 0 aromatic rings. The van der Waals surface area contributed by atoms with Gasteiger partial charge in [0.1, 0.15) is 0 Å². The van der Waals surface area contributed by atoms with Crippen LogP contribution in [0.25, 0.3) is 0 Å². The van der Waals surface area contributed by atoms with E-state index in [0.29, 0.717) is 0 Å². The Kier molecular flexibility index (Phi) is 3.10. The topological polar surface area (TPSA) is 38.5 Å². The summed E-state index contributed by atoms with van der Waals surface area (Å²) in [5.74, 6) is 0.827. The van der Waals surface area contributed by atoms with Crippen molar-refractivity contribution in [3.8, 4) is 0 Å². The maximum atomic E-state index is 5.92. The normalized spacial score (nSPS) is 40.3. The summed E-state index contributed by atoms with van der Waals surface area (Å²) in [7, 11) is 0. The Morgan fingerprint density at radius 3 is 3.00 bits per heavy atom. The van der Waals surface area contributed by atoms with E-state index in [1.165, 1.54) is 25.9 Å². The smallest absolute Gasteiger partial charge is 0.0663 e. The van der Waals surface area contributed by atoms with Gasteiger partial charge in [-0.25, -0.2) is 0 Å². The average Bonchev–Trinajstić information content (AvgIpc) is 2.67. The molecule has 2 aliphatic heterocycles. The lowest BCUT2D eigenvalue weighted by Crippen LogP contribution is -2.57. The van der Waals surface area contributed by atoms with E-state index < -0.39 is 0 Å². The molecular weight excluding hydrogens is 176 g/mol. The zero-order valence-corrected chi connectivity index (χ0v) is 9.17. The first kappa shape index (κ1) is 10.4. The van der Waals surface area contributed by atoms with Crippen LogP contribution in [0.1, 0.15) is 26.2 Å². The van der Waals surface area contributed by atoms with Crippen LogP contribution in [0.5, 0.6) is 0 Å². The molecule has 2 atom stereocenters. The molecule has 0 aromatic carbocycles. The van der Waals surface area contributed by atoms with Gasteiger partial charge in [-0.05, 0) is 31.7 Å². The van der Waals surface area contributed by atoms with E-state index in [2.05, 4.69) is 11.8 Å². The van der Waals surface area contributed by atoms with Crippen molar-refractivity contribution in [3.05, 3.63) is 0 Å². The third-order valence-electron chi connectivity index (χ3n) is 3.79. The van der Waals surface area contributed by atoms with Crippen LogP contribution in [0.2, 0.25) is 0 Å². The van der Waals surface area contributed by atoms with Crippen molar-refractivity contribution in [2.24, 2.45) is 11.7 Å². The summed E-state index contributed by atoms with van der Waals surface area (Å²) in [5.41, 5.74) is 6.10. The first-order valence-corrected chi connectivity index (χ1v) is 5.80. The van der Waals surface area contributed by atoms with E-state index >= 15 is 0 Å². The summed E-state index contributed by atoms with van der Waals surface area (Å²) in [6.07, 6.45) is 3.82. The van der Waals surface area contributed by atoms with Gasteiger partial charge in [-0.2, -0.15) is 0 Å². The second kappa shape index (κ2) is 4.17. The number of ether oxygens (including phenoxy) is 1. The van der Waals surface area contributed by atoms with Crippen LogP contribution < -0.4 is 5.73 Å². The number of hydrogen-bond donors (Lipinski definition) is 1. The Hall–Kier alpha value is -0.120. The average molecular weight is 198 g/mol. The molecule has 0 aromatic heterocycles. The fraction of sp³-hybridized carbons (Fsp3) is 1.00. The van der Waals surface area contributed by atoms with Gasteiger partial charge in [0.25, 0.3) is 0 Å². The van der Waals surface area contributed by atoms with E-state index in [0.717, 1.165) is 32.1 Å². The fourth-order valence-corrected chi connectivity index (χ4v) is 2.76. The van der Waals surface area contributed by atoms with Gasteiger partial charge < -0.3 is 10.5 Å². The van der Waals surface area contributed by atoms with Crippen LogP contribution in [0.3, 0.4) is 0 Å². The Morgan fingerprint density at radius 1 is 1.57 bits per heavy atom. The minimum absolute atomic E-state index is 0.175. The highest BCUT2D eigenvalue weighted by Crippen LogP contribution is 2.29. The van der Waals surface area contributed by atoms with Crippen molar-refractivity contribution in [2.75, 3.05) is 32.8 Å². The molecule has 0 saturated carbocycles. The van der Waals surface area contributed by atoms with Crippen molar-refractivity contribution >= 4 is 0 Å². The summed E-state index contributed by atoms with van der Waals surface area (Å²) < 4.78 is 5.52. The number of nitrogens with zero attached hydrogens (tertiary/aromatic N) is 1. The monoisotopic (exact) mass is 198 g/mol. The maximum absolute atomic E-state index is 5.92. The summed E-state index contributed by atoms with van der Waals surface area (Å²) >= 11 is 0. The number of nitrogens with two attached hydrogens (primary N) is 1. The van der Waals surface area contributed by atoms with E-state index in [-0.39, 0.29) is 5.54 Å². The predicted molar refractivity (Wildman–Crippen MR) is 57.2 cm³/mol. The minimum Gasteiger partial charge on any atom is -0.379 e. The SMILES string of the molecule is CC1CCCN(C2(CN)CCOC2)C1. The molecule has 2 aliphatic rings. The quantitative estimate of drug-likeness (QED) is 0.714. The number of rotatable bonds is 2. The lowest BCUT2D eigenvalue weighted by atomic mass is 9.90. The summed E-state index contributed by atoms with van der Waals surface area (Å²) in [6.45, 7) is 7.25. The molecule has 2 rings (SSSR count). The molecule has 0 amide bonds. The maximum Gasteiger partial charge on any atom is 0.0663 e. The van der Waals surface area contributed by atoms with Crippen LogP contribution >= 0.6 is 0 Å². The molecule has 3 nitrogen and oxygen atoms in total. The molecular formula is C11H22N2O. The first-order valence-electron chi connectivity index (χ1n) is 5.80. The molecule has 2 N–H and O–H groups in total. The van der Waals surface area contributed by atoms with Crippen molar-refractivity contribution in [1.29, 1.82) is 0 Å². The standard InChI is InChI=1S/C11H22N2O/c1-10-3-2-5-13(7-10)11(8-12)4-6-14-9-11/h10H,2-9,12H2,1H3. The summed E-state index contributed by atoms with van der Waals surface area (Å²) in [4.78, 5) is 2.58. The summed E-state index contributed by atoms with van der Waals surface area (Å²) in [5, 5.41) is 0. The number of hydrogen-bond acceptors (Lipinski definition) is 3. The van der Waals surface area contributed by atoms with Crippen LogP contribution in [0, 0.1) is 5.92 Å². The van der Waals surface area contributed by atoms with Gasteiger partial charge in [-0.15, -0.1) is 0 Å². The molecule has 2 saturated heterocycles. The highest BCUT2D eigenvalue weighted by Gasteiger charge is 2.40. The van der Waals surface area contributed by atoms with Crippen LogP contribution in [0.4, 0.5) is 0 Å². The Morgan fingerprint density at radius 2 is 2.43 bits per heavy atom. The largest absolute Gasteiger partial charge is 0.379 e. The third-order valence-corrected chi connectivity index (χ3v) is 3.79. The van der Waals surface area contributed by atoms with Gasteiger partial charge in [0.15, 0.2) is 0 Å². The van der Waals surface area contributed by atoms with Gasteiger partial charge in [0.05, 0.1) is 12.1 Å². The fourth-order valence-electron chi connectivity index (χ4n) is 2.76. The van der Waals surface area contributed by atoms with Crippen LogP contribution in [-0.2, 0) is 4.74 Å². The van der Waals surface area contributed by atoms with Gasteiger partial charge in [-0.3, -0.25) is 4.90 Å². The molecule has 3 heteroatoms. The van der Waals surface area contributed by atoms with E-state index in [9.17, 15) is 0 Å². The molecule has 2 fully saturated rings. The number of piperidine rings is 1. The Bertz CT molecular complexity index is 190. The molecule has 2 unspecified atom stereocenters. The van der Waals surface area contributed by atoms with Crippen molar-refractivity contribution in [1.82, 2.24) is 4.90 Å². The van der Waals surface area contributed by atoms with E-state index in [4.69, 9.17) is 10.5 Å². The highest BCUT2D eigenvalue weighted by molar-refractivity contribution is 4.96. The highest BCUT2D eigenvalue weighted by atomic mass is 16.5. The number of likely N-dealkylation sites (tertiary alicyclic amines) is 1. The third kappa shape index (κ3) is 1.81. The summed E-state index contributed by atoms with van der Waals surface area (Å²) in [6, 6.07) is 0. The first-order chi connectivity index (χ1) is 6.77. The van der Waals surface area contributed by atoms with Crippen molar-refractivity contribution in [2.45, 2.75) is 31.7 Å². The van der Waals surface area contributed by atoms with Gasteiger partial charge in [0, 0.05) is 19.7 Å². The van der Waals surface area contributed by atoms with E-state index in [1.807, 2.05) is 0 Å². The minimum atomic E-state index is 0.175. The molecule has 2 heterocycles. The second-order valence-electron chi connectivity index (χ2n) is 4.92. The van der Waals surface area contributed by atoms with E-state index in [1.54, 1.807) is 0 Å². The predicted octanol–water partition coefficient (Wildman–Crippen LogP) is 0.836. The second-order valence-corrected chi connectivity index (χ2v) is 4.92. The van der Waals surface area contributed by atoms with Crippen molar-refractivity contribution < 1.29 is 4.74 Å². The molecule has 0 bridgehead atoms. The molecule has 82 valence electrons. The van der Waals surface area contributed by atoms with Gasteiger partial charge >= 0.3 is 0 Å². The Labute approximate surface area is 86.6 Å². The lowest BCUT2D eigenvalue weighted by Gasteiger charge is -2.43.